The van der Waals surface area contributed by atoms with E-state index in [9.17, 15) is 9.90 Å². The second-order valence-corrected chi connectivity index (χ2v) is 3.64. The van der Waals surface area contributed by atoms with E-state index in [1.807, 2.05) is 0 Å². The lowest BCUT2D eigenvalue weighted by molar-refractivity contribution is 0.0524. The Morgan fingerprint density at radius 2 is 2.21 bits per heavy atom. The maximum atomic E-state index is 11.5. The highest BCUT2D eigenvalue weighted by Crippen LogP contribution is 2.27. The van der Waals surface area contributed by atoms with Crippen molar-refractivity contribution in [1.82, 2.24) is 0 Å². The Balaban J connectivity index is 3.18. The normalized spacial score (nSPS) is 9.93. The number of carbonyl (C=O) groups excluding carboxylic acids is 1. The van der Waals surface area contributed by atoms with Gasteiger partial charge in [-0.1, -0.05) is 0 Å². The van der Waals surface area contributed by atoms with Crippen LogP contribution in [0, 0.1) is 6.92 Å². The molecule has 0 aliphatic rings. The van der Waals surface area contributed by atoms with Gasteiger partial charge in [-0.15, -0.1) is 0 Å². The predicted molar refractivity (Wildman–Crippen MR) is 56.5 cm³/mol. The van der Waals surface area contributed by atoms with E-state index in [0.29, 0.717) is 22.2 Å². The van der Waals surface area contributed by atoms with Crippen LogP contribution in [0.5, 0.6) is 5.75 Å². The van der Waals surface area contributed by atoms with Crippen molar-refractivity contribution in [3.8, 4) is 5.75 Å². The Kier molecular flexibility index (Phi) is 3.52. The quantitative estimate of drug-likeness (QED) is 0.830. The van der Waals surface area contributed by atoms with E-state index in [-0.39, 0.29) is 5.75 Å². The second-order valence-electron chi connectivity index (χ2n) is 2.79. The molecule has 4 heteroatoms. The molecule has 0 aliphatic heterocycles. The zero-order valence-corrected chi connectivity index (χ0v) is 9.59. The third-order valence-corrected chi connectivity index (χ3v) is 2.53. The molecule has 1 aromatic carbocycles. The number of benzene rings is 1. The van der Waals surface area contributed by atoms with E-state index < -0.39 is 5.97 Å². The molecule has 1 aromatic rings. The van der Waals surface area contributed by atoms with E-state index in [4.69, 9.17) is 4.74 Å². The summed E-state index contributed by atoms with van der Waals surface area (Å²) in [5, 5.41) is 9.41. The third-order valence-electron chi connectivity index (χ3n) is 1.87. The predicted octanol–water partition coefficient (Wildman–Crippen LogP) is 2.64. The van der Waals surface area contributed by atoms with Gasteiger partial charge in [0.25, 0.3) is 0 Å². The lowest BCUT2D eigenvalue weighted by Gasteiger charge is -2.08. The van der Waals surface area contributed by atoms with E-state index >= 15 is 0 Å². The molecule has 0 aliphatic carbocycles. The fourth-order valence-electron chi connectivity index (χ4n) is 1.12. The Morgan fingerprint density at radius 1 is 1.57 bits per heavy atom. The molecular formula is C10H11BrO3. The maximum absolute atomic E-state index is 11.5. The van der Waals surface area contributed by atoms with E-state index in [0.717, 1.165) is 0 Å². The Morgan fingerprint density at radius 3 is 2.79 bits per heavy atom. The molecule has 1 rings (SSSR count). The van der Waals surface area contributed by atoms with Crippen molar-refractivity contribution >= 4 is 21.9 Å². The average Bonchev–Trinajstić information content (AvgIpc) is 2.13. The lowest BCUT2D eigenvalue weighted by Crippen LogP contribution is -2.07. The van der Waals surface area contributed by atoms with E-state index in [2.05, 4.69) is 15.9 Å². The molecular weight excluding hydrogens is 248 g/mol. The lowest BCUT2D eigenvalue weighted by atomic mass is 10.1. The molecule has 3 nitrogen and oxygen atoms in total. The Labute approximate surface area is 90.8 Å². The van der Waals surface area contributed by atoms with Gasteiger partial charge >= 0.3 is 5.97 Å². The first-order valence-corrected chi connectivity index (χ1v) is 5.02. The SMILES string of the molecule is CCOC(=O)c1c(Br)ccc(O)c1C. The van der Waals surface area contributed by atoms with Crippen molar-refractivity contribution in [2.45, 2.75) is 13.8 Å². The van der Waals surface area contributed by atoms with Crippen LogP contribution in [0.15, 0.2) is 16.6 Å². The number of phenols is 1. The number of hydrogen-bond donors (Lipinski definition) is 1. The minimum absolute atomic E-state index is 0.0938. The fraction of sp³-hybridized carbons (Fsp3) is 0.300. The number of phenolic OH excluding ortho intramolecular Hbond substituents is 1. The monoisotopic (exact) mass is 258 g/mol. The first kappa shape index (κ1) is 11.0. The smallest absolute Gasteiger partial charge is 0.339 e. The number of ether oxygens (including phenoxy) is 1. The molecule has 14 heavy (non-hydrogen) atoms. The average molecular weight is 259 g/mol. The molecule has 0 saturated heterocycles. The van der Waals surface area contributed by atoms with Gasteiger partial charge in [0.15, 0.2) is 0 Å². The van der Waals surface area contributed by atoms with Crippen LogP contribution in [0.25, 0.3) is 0 Å². The Hall–Kier alpha value is -1.03. The van der Waals surface area contributed by atoms with E-state index in [1.165, 1.54) is 6.07 Å². The van der Waals surface area contributed by atoms with Crippen LogP contribution < -0.4 is 0 Å². The van der Waals surface area contributed by atoms with Gasteiger partial charge in [-0.05, 0) is 41.9 Å². The highest BCUT2D eigenvalue weighted by atomic mass is 79.9. The number of halogens is 1. The molecule has 0 radical (unpaired) electrons. The van der Waals surface area contributed by atoms with Crippen molar-refractivity contribution in [2.75, 3.05) is 6.61 Å². The first-order chi connectivity index (χ1) is 6.57. The standard InChI is InChI=1S/C10H11BrO3/c1-3-14-10(13)9-6(2)8(12)5-4-7(9)11/h4-5,12H,3H2,1-2H3. The van der Waals surface area contributed by atoms with Gasteiger partial charge in [-0.3, -0.25) is 0 Å². The fourth-order valence-corrected chi connectivity index (χ4v) is 1.71. The van der Waals surface area contributed by atoms with Crippen molar-refractivity contribution in [3.05, 3.63) is 27.7 Å². The zero-order chi connectivity index (χ0) is 10.7. The first-order valence-electron chi connectivity index (χ1n) is 4.23. The Bertz CT molecular complexity index is 361. The highest BCUT2D eigenvalue weighted by molar-refractivity contribution is 9.10. The van der Waals surface area contributed by atoms with Crippen LogP contribution >= 0.6 is 15.9 Å². The van der Waals surface area contributed by atoms with Crippen LogP contribution in [-0.2, 0) is 4.74 Å². The van der Waals surface area contributed by atoms with Gasteiger partial charge in [0.05, 0.1) is 12.2 Å². The van der Waals surface area contributed by atoms with Crippen LogP contribution in [0.3, 0.4) is 0 Å². The number of esters is 1. The zero-order valence-electron chi connectivity index (χ0n) is 8.00. The summed E-state index contributed by atoms with van der Waals surface area (Å²) in [5.41, 5.74) is 0.907. The molecule has 0 bridgehead atoms. The van der Waals surface area contributed by atoms with Crippen molar-refractivity contribution in [2.24, 2.45) is 0 Å². The summed E-state index contributed by atoms with van der Waals surface area (Å²) < 4.78 is 5.50. The maximum Gasteiger partial charge on any atom is 0.339 e. The van der Waals surface area contributed by atoms with Gasteiger partial charge in [0, 0.05) is 10.0 Å². The summed E-state index contributed by atoms with van der Waals surface area (Å²) in [6.07, 6.45) is 0. The van der Waals surface area contributed by atoms with Crippen molar-refractivity contribution in [1.29, 1.82) is 0 Å². The molecule has 0 aromatic heterocycles. The minimum Gasteiger partial charge on any atom is -0.508 e. The molecule has 0 heterocycles. The number of carbonyl (C=O) groups is 1. The van der Waals surface area contributed by atoms with Crippen molar-refractivity contribution in [3.63, 3.8) is 0 Å². The summed E-state index contributed by atoms with van der Waals surface area (Å²) in [6.45, 7) is 3.73. The largest absolute Gasteiger partial charge is 0.508 e. The molecule has 0 unspecified atom stereocenters. The molecule has 76 valence electrons. The molecule has 0 fully saturated rings. The summed E-state index contributed by atoms with van der Waals surface area (Å²) in [5.74, 6) is -0.330. The topological polar surface area (TPSA) is 46.5 Å². The van der Waals surface area contributed by atoms with Gasteiger partial charge in [0.2, 0.25) is 0 Å². The van der Waals surface area contributed by atoms with E-state index in [1.54, 1.807) is 19.9 Å². The molecule has 0 amide bonds. The highest BCUT2D eigenvalue weighted by Gasteiger charge is 2.16. The van der Waals surface area contributed by atoms with Gasteiger partial charge in [-0.25, -0.2) is 4.79 Å². The summed E-state index contributed by atoms with van der Waals surface area (Å²) in [7, 11) is 0. The summed E-state index contributed by atoms with van der Waals surface area (Å²) in [4.78, 5) is 11.5. The van der Waals surface area contributed by atoms with Gasteiger partial charge in [0.1, 0.15) is 5.75 Å². The van der Waals surface area contributed by atoms with Crippen LogP contribution in [0.2, 0.25) is 0 Å². The number of hydrogen-bond acceptors (Lipinski definition) is 3. The molecule has 0 spiro atoms. The molecule has 0 atom stereocenters. The minimum atomic E-state index is -0.423. The van der Waals surface area contributed by atoms with Crippen LogP contribution in [-0.4, -0.2) is 17.7 Å². The summed E-state index contributed by atoms with van der Waals surface area (Å²) in [6, 6.07) is 3.15. The van der Waals surface area contributed by atoms with Crippen LogP contribution in [0.4, 0.5) is 0 Å². The molecule has 0 saturated carbocycles. The van der Waals surface area contributed by atoms with Crippen LogP contribution in [0.1, 0.15) is 22.8 Å². The van der Waals surface area contributed by atoms with Gasteiger partial charge in [-0.2, -0.15) is 0 Å². The third kappa shape index (κ3) is 2.07. The summed E-state index contributed by atoms with van der Waals surface area (Å²) >= 11 is 3.24. The van der Waals surface area contributed by atoms with Gasteiger partial charge < -0.3 is 9.84 Å². The second kappa shape index (κ2) is 4.46. The molecule has 1 N–H and O–H groups in total. The van der Waals surface area contributed by atoms with Crippen molar-refractivity contribution < 1.29 is 14.6 Å². The number of aromatic hydroxyl groups is 1. The number of rotatable bonds is 2.